The van der Waals surface area contributed by atoms with Crippen LogP contribution in [0.15, 0.2) is 0 Å². The van der Waals surface area contributed by atoms with Crippen LogP contribution in [-0.4, -0.2) is 36.9 Å². The Morgan fingerprint density at radius 2 is 2.17 bits per heavy atom. The van der Waals surface area contributed by atoms with E-state index in [0.717, 1.165) is 25.9 Å². The highest BCUT2D eigenvalue weighted by Gasteiger charge is 2.30. The molecule has 0 aromatic carbocycles. The minimum Gasteiger partial charge on any atom is -0.321 e. The molecule has 0 bridgehead atoms. The van der Waals surface area contributed by atoms with Gasteiger partial charge in [0.15, 0.2) is 0 Å². The van der Waals surface area contributed by atoms with Gasteiger partial charge in [0.1, 0.15) is 6.29 Å². The maximum Gasteiger partial charge on any atom is 0.137 e. The summed E-state index contributed by atoms with van der Waals surface area (Å²) in [5.41, 5.74) is 5.60. The summed E-state index contributed by atoms with van der Waals surface area (Å²) in [6.45, 7) is 7.35. The van der Waals surface area contributed by atoms with Crippen molar-refractivity contribution in [3.05, 3.63) is 0 Å². The molecule has 0 unspecified atom stereocenters. The van der Waals surface area contributed by atoms with E-state index in [-0.39, 0.29) is 11.5 Å². The number of aldehydes is 1. The fourth-order valence-corrected chi connectivity index (χ4v) is 1.41. The van der Waals surface area contributed by atoms with Gasteiger partial charge < -0.3 is 15.4 Å². The predicted octanol–water partition coefficient (Wildman–Crippen LogP) is 0.244. The third kappa shape index (κ3) is 2.05. The zero-order chi connectivity index (χ0) is 9.19. The Morgan fingerprint density at radius 3 is 2.50 bits per heavy atom. The minimum absolute atomic E-state index is 0.0812. The zero-order valence-corrected chi connectivity index (χ0v) is 7.92. The average Bonchev–Trinajstić information content (AvgIpc) is 1.95. The summed E-state index contributed by atoms with van der Waals surface area (Å²) < 4.78 is 0. The Bertz CT molecular complexity index is 164. The largest absolute Gasteiger partial charge is 0.321 e. The second kappa shape index (κ2) is 3.54. The minimum atomic E-state index is -0.335. The molecule has 0 aliphatic carbocycles. The molecule has 3 nitrogen and oxygen atoms in total. The van der Waals surface area contributed by atoms with Crippen molar-refractivity contribution in [2.75, 3.05) is 19.6 Å². The number of hydrogen-bond acceptors (Lipinski definition) is 3. The maximum absolute atomic E-state index is 10.5. The number of carbonyl (C=O) groups excluding carboxylic acids is 1. The van der Waals surface area contributed by atoms with Crippen molar-refractivity contribution in [2.45, 2.75) is 26.3 Å². The van der Waals surface area contributed by atoms with Gasteiger partial charge in [-0.3, -0.25) is 0 Å². The quantitative estimate of drug-likeness (QED) is 0.615. The van der Waals surface area contributed by atoms with Gasteiger partial charge in [0.25, 0.3) is 0 Å². The normalized spacial score (nSPS) is 21.6. The Labute approximate surface area is 73.9 Å². The van der Waals surface area contributed by atoms with E-state index in [9.17, 15) is 4.79 Å². The first-order valence-corrected chi connectivity index (χ1v) is 4.49. The van der Waals surface area contributed by atoms with Gasteiger partial charge in [0.05, 0.1) is 6.04 Å². The highest BCUT2D eigenvalue weighted by molar-refractivity contribution is 5.58. The van der Waals surface area contributed by atoms with Crippen LogP contribution in [-0.2, 0) is 4.79 Å². The van der Waals surface area contributed by atoms with Gasteiger partial charge in [0.2, 0.25) is 0 Å². The fourth-order valence-electron chi connectivity index (χ4n) is 1.41. The molecule has 2 N–H and O–H groups in total. The lowest BCUT2D eigenvalue weighted by atomic mass is 9.84. The van der Waals surface area contributed by atoms with Gasteiger partial charge in [0, 0.05) is 6.54 Å². The number of carbonyl (C=O) groups is 1. The van der Waals surface area contributed by atoms with Crippen LogP contribution in [0.5, 0.6) is 0 Å². The summed E-state index contributed by atoms with van der Waals surface area (Å²) in [4.78, 5) is 12.8. The first kappa shape index (κ1) is 9.68. The highest BCUT2D eigenvalue weighted by Crippen LogP contribution is 2.22. The first-order chi connectivity index (χ1) is 5.56. The molecule has 70 valence electrons. The predicted molar refractivity (Wildman–Crippen MR) is 48.9 cm³/mol. The molecule has 1 atom stereocenters. The van der Waals surface area contributed by atoms with Crippen LogP contribution in [0.1, 0.15) is 20.3 Å². The summed E-state index contributed by atoms with van der Waals surface area (Å²) in [5, 5.41) is 0. The molecule has 1 fully saturated rings. The molecule has 0 amide bonds. The molecule has 3 heteroatoms. The van der Waals surface area contributed by atoms with E-state index in [1.165, 1.54) is 6.42 Å². The van der Waals surface area contributed by atoms with Crippen molar-refractivity contribution in [3.8, 4) is 0 Å². The van der Waals surface area contributed by atoms with Crippen molar-refractivity contribution in [1.29, 1.82) is 0 Å². The van der Waals surface area contributed by atoms with Gasteiger partial charge in [-0.2, -0.15) is 0 Å². The van der Waals surface area contributed by atoms with Crippen LogP contribution in [0.2, 0.25) is 0 Å². The molecule has 0 saturated carbocycles. The SMILES string of the molecule is CC(C)(CN1CCC1)[C@H](N)C=O. The molecule has 1 aliphatic rings. The van der Waals surface area contributed by atoms with Crippen LogP contribution >= 0.6 is 0 Å². The molecule has 1 heterocycles. The molecule has 1 aliphatic heterocycles. The number of nitrogens with zero attached hydrogens (tertiary/aromatic N) is 1. The molecular weight excluding hydrogens is 152 g/mol. The standard InChI is InChI=1S/C9H18N2O/c1-9(2,8(10)6-12)7-11-4-3-5-11/h6,8H,3-5,7,10H2,1-2H3/t8-/m1/s1. The Balaban J connectivity index is 2.40. The molecule has 0 aromatic heterocycles. The lowest BCUT2D eigenvalue weighted by Crippen LogP contribution is -2.50. The monoisotopic (exact) mass is 170 g/mol. The van der Waals surface area contributed by atoms with E-state index in [4.69, 9.17) is 5.73 Å². The van der Waals surface area contributed by atoms with E-state index in [2.05, 4.69) is 4.90 Å². The van der Waals surface area contributed by atoms with Crippen LogP contribution in [0.3, 0.4) is 0 Å². The van der Waals surface area contributed by atoms with Gasteiger partial charge in [-0.1, -0.05) is 13.8 Å². The van der Waals surface area contributed by atoms with E-state index < -0.39 is 0 Å². The van der Waals surface area contributed by atoms with E-state index in [1.54, 1.807) is 0 Å². The van der Waals surface area contributed by atoms with Crippen molar-refractivity contribution in [3.63, 3.8) is 0 Å². The Hall–Kier alpha value is -0.410. The highest BCUT2D eigenvalue weighted by atomic mass is 16.1. The van der Waals surface area contributed by atoms with Crippen LogP contribution < -0.4 is 5.73 Å². The van der Waals surface area contributed by atoms with Crippen molar-refractivity contribution in [1.82, 2.24) is 4.90 Å². The lowest BCUT2D eigenvalue weighted by Gasteiger charge is -2.39. The van der Waals surface area contributed by atoms with Crippen LogP contribution in [0.25, 0.3) is 0 Å². The van der Waals surface area contributed by atoms with Crippen LogP contribution in [0, 0.1) is 5.41 Å². The fraction of sp³-hybridized carbons (Fsp3) is 0.889. The van der Waals surface area contributed by atoms with Crippen molar-refractivity contribution >= 4 is 6.29 Å². The zero-order valence-electron chi connectivity index (χ0n) is 7.92. The number of rotatable bonds is 4. The van der Waals surface area contributed by atoms with E-state index >= 15 is 0 Å². The summed E-state index contributed by atoms with van der Waals surface area (Å²) in [5.74, 6) is 0. The van der Waals surface area contributed by atoms with Crippen LogP contribution in [0.4, 0.5) is 0 Å². The average molecular weight is 170 g/mol. The number of nitrogens with two attached hydrogens (primary N) is 1. The first-order valence-electron chi connectivity index (χ1n) is 4.49. The molecule has 1 saturated heterocycles. The molecule has 1 rings (SSSR count). The summed E-state index contributed by atoms with van der Waals surface area (Å²) in [6.07, 6.45) is 2.13. The maximum atomic E-state index is 10.5. The summed E-state index contributed by atoms with van der Waals surface area (Å²) >= 11 is 0. The number of likely N-dealkylation sites (tertiary alicyclic amines) is 1. The van der Waals surface area contributed by atoms with Gasteiger partial charge in [-0.25, -0.2) is 0 Å². The number of hydrogen-bond donors (Lipinski definition) is 1. The third-order valence-corrected chi connectivity index (χ3v) is 2.63. The molecule has 0 radical (unpaired) electrons. The van der Waals surface area contributed by atoms with Crippen molar-refractivity contribution < 1.29 is 4.79 Å². The Morgan fingerprint density at radius 1 is 1.58 bits per heavy atom. The summed E-state index contributed by atoms with van der Waals surface area (Å²) in [7, 11) is 0. The van der Waals surface area contributed by atoms with E-state index in [1.807, 2.05) is 13.8 Å². The van der Waals surface area contributed by atoms with E-state index in [0.29, 0.717) is 0 Å². The molecule has 0 spiro atoms. The van der Waals surface area contributed by atoms with Gasteiger partial charge >= 0.3 is 0 Å². The third-order valence-electron chi connectivity index (χ3n) is 2.63. The van der Waals surface area contributed by atoms with Gasteiger partial charge in [-0.15, -0.1) is 0 Å². The summed E-state index contributed by atoms with van der Waals surface area (Å²) in [6, 6.07) is -0.335. The topological polar surface area (TPSA) is 46.3 Å². The second-order valence-electron chi connectivity index (χ2n) is 4.28. The molecule has 0 aromatic rings. The molecule has 12 heavy (non-hydrogen) atoms. The smallest absolute Gasteiger partial charge is 0.137 e. The molecular formula is C9H18N2O. The Kier molecular flexibility index (Phi) is 2.85. The van der Waals surface area contributed by atoms with Crippen molar-refractivity contribution in [2.24, 2.45) is 11.1 Å². The van der Waals surface area contributed by atoms with Gasteiger partial charge in [-0.05, 0) is 24.9 Å². The second-order valence-corrected chi connectivity index (χ2v) is 4.28. The lowest BCUT2D eigenvalue weighted by molar-refractivity contribution is -0.111.